The number of ether oxygens (including phenoxy) is 1. The maximum absolute atomic E-state index is 12.4. The van der Waals surface area contributed by atoms with Crippen molar-refractivity contribution >= 4 is 11.9 Å². The first kappa shape index (κ1) is 58.1. The summed E-state index contributed by atoms with van der Waals surface area (Å²) in [6.07, 6.45) is 60.2. The Hall–Kier alpha value is -1.92. The van der Waals surface area contributed by atoms with E-state index in [-0.39, 0.29) is 18.5 Å². The average molecular weight is 844 g/mol. The van der Waals surface area contributed by atoms with E-state index in [1.807, 2.05) is 6.08 Å². The van der Waals surface area contributed by atoms with E-state index in [0.717, 1.165) is 83.5 Å². The zero-order valence-electron chi connectivity index (χ0n) is 39.9. The molecule has 0 spiro atoms. The second-order valence-electron chi connectivity index (χ2n) is 17.9. The summed E-state index contributed by atoms with van der Waals surface area (Å²) in [7, 11) is 0. The lowest BCUT2D eigenvalue weighted by Gasteiger charge is -2.20. The van der Waals surface area contributed by atoms with Gasteiger partial charge in [0, 0.05) is 12.8 Å². The van der Waals surface area contributed by atoms with Crippen molar-refractivity contribution in [2.24, 2.45) is 0 Å². The van der Waals surface area contributed by atoms with Gasteiger partial charge in [-0.25, -0.2) is 0 Å². The summed E-state index contributed by atoms with van der Waals surface area (Å²) >= 11 is 0. The SMILES string of the molecule is CCCCCCCCC/C=C/C(O)C(CO)NC(=O)CCCCCCCCC/C=C\C/C=C\CCCCCOC(=O)CCCCCCCCCCCCCCCCCCC. The van der Waals surface area contributed by atoms with Crippen molar-refractivity contribution in [1.82, 2.24) is 5.32 Å². The Morgan fingerprint density at radius 3 is 1.27 bits per heavy atom. The van der Waals surface area contributed by atoms with Gasteiger partial charge < -0.3 is 20.3 Å². The van der Waals surface area contributed by atoms with Crippen molar-refractivity contribution in [3.8, 4) is 0 Å². The molecule has 0 aromatic heterocycles. The van der Waals surface area contributed by atoms with Crippen LogP contribution in [0.15, 0.2) is 36.5 Å². The van der Waals surface area contributed by atoms with Crippen molar-refractivity contribution in [3.63, 3.8) is 0 Å². The van der Waals surface area contributed by atoms with Gasteiger partial charge in [-0.15, -0.1) is 0 Å². The van der Waals surface area contributed by atoms with Gasteiger partial charge in [0.2, 0.25) is 5.91 Å². The Labute approximate surface area is 373 Å². The molecule has 2 unspecified atom stereocenters. The van der Waals surface area contributed by atoms with E-state index in [2.05, 4.69) is 43.5 Å². The molecule has 3 N–H and O–H groups in total. The summed E-state index contributed by atoms with van der Waals surface area (Å²) in [5, 5.41) is 22.9. The molecule has 0 saturated heterocycles. The molecule has 0 saturated carbocycles. The number of esters is 1. The Kier molecular flexibility index (Phi) is 48.1. The van der Waals surface area contributed by atoms with Crippen LogP contribution in [0.25, 0.3) is 0 Å². The summed E-state index contributed by atoms with van der Waals surface area (Å²) in [6.45, 7) is 4.83. The fraction of sp³-hybridized carbons (Fsp3) is 0.852. The van der Waals surface area contributed by atoms with Crippen LogP contribution in [0.5, 0.6) is 0 Å². The van der Waals surface area contributed by atoms with Gasteiger partial charge >= 0.3 is 5.97 Å². The highest BCUT2D eigenvalue weighted by atomic mass is 16.5. The van der Waals surface area contributed by atoms with Crippen LogP contribution >= 0.6 is 0 Å². The van der Waals surface area contributed by atoms with Crippen LogP contribution < -0.4 is 5.32 Å². The molecule has 0 radical (unpaired) electrons. The van der Waals surface area contributed by atoms with Gasteiger partial charge in [0.1, 0.15) is 0 Å². The molecule has 0 aliphatic carbocycles. The maximum atomic E-state index is 12.4. The second kappa shape index (κ2) is 49.7. The second-order valence-corrected chi connectivity index (χ2v) is 17.9. The highest BCUT2D eigenvalue weighted by Gasteiger charge is 2.18. The number of rotatable bonds is 48. The third-order valence-electron chi connectivity index (χ3n) is 11.9. The highest BCUT2D eigenvalue weighted by Crippen LogP contribution is 2.16. The van der Waals surface area contributed by atoms with Crippen LogP contribution in [0, 0.1) is 0 Å². The van der Waals surface area contributed by atoms with Gasteiger partial charge in [-0.3, -0.25) is 9.59 Å². The van der Waals surface area contributed by atoms with Crippen molar-refractivity contribution in [2.45, 2.75) is 283 Å². The lowest BCUT2D eigenvalue weighted by Crippen LogP contribution is -2.45. The first-order valence-electron chi connectivity index (χ1n) is 26.3. The average Bonchev–Trinajstić information content (AvgIpc) is 3.25. The predicted molar refractivity (Wildman–Crippen MR) is 259 cm³/mol. The zero-order chi connectivity index (χ0) is 43.7. The quantitative estimate of drug-likeness (QED) is 0.0322. The Bertz CT molecular complexity index is 977. The van der Waals surface area contributed by atoms with Gasteiger partial charge in [0.05, 0.1) is 25.4 Å². The van der Waals surface area contributed by atoms with Crippen molar-refractivity contribution in [1.29, 1.82) is 0 Å². The highest BCUT2D eigenvalue weighted by molar-refractivity contribution is 5.76. The van der Waals surface area contributed by atoms with Crippen LogP contribution in [0.4, 0.5) is 0 Å². The van der Waals surface area contributed by atoms with Crippen LogP contribution in [0.1, 0.15) is 271 Å². The third kappa shape index (κ3) is 45.6. The minimum absolute atomic E-state index is 0.0133. The normalized spacial score (nSPS) is 12.9. The van der Waals surface area contributed by atoms with E-state index in [1.165, 1.54) is 161 Å². The van der Waals surface area contributed by atoms with E-state index in [1.54, 1.807) is 6.08 Å². The largest absolute Gasteiger partial charge is 0.466 e. The van der Waals surface area contributed by atoms with E-state index in [0.29, 0.717) is 19.4 Å². The molecule has 0 aromatic carbocycles. The molecule has 0 fully saturated rings. The van der Waals surface area contributed by atoms with E-state index in [4.69, 9.17) is 4.74 Å². The van der Waals surface area contributed by atoms with Crippen molar-refractivity contribution in [3.05, 3.63) is 36.5 Å². The van der Waals surface area contributed by atoms with E-state index >= 15 is 0 Å². The minimum Gasteiger partial charge on any atom is -0.466 e. The number of hydrogen-bond donors (Lipinski definition) is 3. The van der Waals surface area contributed by atoms with E-state index in [9.17, 15) is 19.8 Å². The molecule has 60 heavy (non-hydrogen) atoms. The Morgan fingerprint density at radius 1 is 0.467 bits per heavy atom. The van der Waals surface area contributed by atoms with E-state index < -0.39 is 12.1 Å². The fourth-order valence-electron chi connectivity index (χ4n) is 7.84. The summed E-state index contributed by atoms with van der Waals surface area (Å²) in [5.41, 5.74) is 0. The van der Waals surface area contributed by atoms with Gasteiger partial charge in [-0.05, 0) is 70.6 Å². The molecule has 0 aliphatic rings. The molecule has 1 amide bonds. The molecule has 352 valence electrons. The number of aliphatic hydroxyl groups excluding tert-OH is 2. The lowest BCUT2D eigenvalue weighted by atomic mass is 10.0. The number of allylic oxidation sites excluding steroid dienone is 5. The predicted octanol–water partition coefficient (Wildman–Crippen LogP) is 15.7. The first-order valence-corrected chi connectivity index (χ1v) is 26.3. The van der Waals surface area contributed by atoms with Crippen LogP contribution in [-0.4, -0.2) is 47.4 Å². The van der Waals surface area contributed by atoms with Crippen LogP contribution in [0.2, 0.25) is 0 Å². The first-order chi connectivity index (χ1) is 29.5. The summed E-state index contributed by atoms with van der Waals surface area (Å²) in [4.78, 5) is 24.4. The number of hydrogen-bond acceptors (Lipinski definition) is 5. The molecule has 2 atom stereocenters. The van der Waals surface area contributed by atoms with Crippen LogP contribution in [-0.2, 0) is 14.3 Å². The monoisotopic (exact) mass is 844 g/mol. The number of nitrogens with one attached hydrogen (secondary N) is 1. The number of carbonyl (C=O) groups excluding carboxylic acids is 2. The molecular formula is C54H101NO5. The summed E-state index contributed by atoms with van der Waals surface area (Å²) in [5.74, 6) is -0.101. The molecule has 6 nitrogen and oxygen atoms in total. The Morgan fingerprint density at radius 2 is 0.833 bits per heavy atom. The van der Waals surface area contributed by atoms with Crippen LogP contribution in [0.3, 0.4) is 0 Å². The Balaban J connectivity index is 3.48. The number of aliphatic hydroxyl groups is 2. The molecule has 0 rings (SSSR count). The fourth-order valence-corrected chi connectivity index (χ4v) is 7.84. The molecule has 0 bridgehead atoms. The molecule has 0 aromatic rings. The van der Waals surface area contributed by atoms with Gasteiger partial charge in [0.25, 0.3) is 0 Å². The van der Waals surface area contributed by atoms with Crippen molar-refractivity contribution in [2.75, 3.05) is 13.2 Å². The third-order valence-corrected chi connectivity index (χ3v) is 11.9. The smallest absolute Gasteiger partial charge is 0.305 e. The molecule has 0 aliphatic heterocycles. The topological polar surface area (TPSA) is 95.9 Å². The molecule has 6 heteroatoms. The standard InChI is InChI=1S/C54H101NO5/c1-3-5-7-9-11-13-14-15-16-18-22-25-28-32-36-40-44-48-54(59)60-49-45-41-37-33-29-26-23-20-17-19-21-24-27-31-35-39-43-47-53(58)55-51(50-56)52(57)46-42-38-34-30-12-10-8-6-4-2/h17,20,26,29,42,46,51-52,56-57H,3-16,18-19,21-25,27-28,30-41,43-45,47-50H2,1-2H3,(H,55,58)/b20-17-,29-26-,46-42+. The number of carbonyl (C=O) groups is 2. The molecule has 0 heterocycles. The molecular weight excluding hydrogens is 743 g/mol. The summed E-state index contributed by atoms with van der Waals surface area (Å²) in [6, 6.07) is -0.638. The van der Waals surface area contributed by atoms with Gasteiger partial charge in [0.15, 0.2) is 0 Å². The van der Waals surface area contributed by atoms with Gasteiger partial charge in [-0.2, -0.15) is 0 Å². The minimum atomic E-state index is -0.852. The number of amides is 1. The maximum Gasteiger partial charge on any atom is 0.305 e. The lowest BCUT2D eigenvalue weighted by molar-refractivity contribution is -0.143. The number of unbranched alkanes of at least 4 members (excludes halogenated alkanes) is 33. The summed E-state index contributed by atoms with van der Waals surface area (Å²) < 4.78 is 5.46. The van der Waals surface area contributed by atoms with Crippen molar-refractivity contribution < 1.29 is 24.5 Å². The zero-order valence-corrected chi connectivity index (χ0v) is 39.9. The van der Waals surface area contributed by atoms with Gasteiger partial charge in [-0.1, -0.05) is 224 Å².